The maximum atomic E-state index is 6.18. The minimum Gasteiger partial charge on any atom is -0.297 e. The third kappa shape index (κ3) is 2.39. The van der Waals surface area contributed by atoms with Gasteiger partial charge in [-0.2, -0.15) is 5.10 Å². The van der Waals surface area contributed by atoms with Gasteiger partial charge in [-0.25, -0.2) is 0 Å². The first-order valence-corrected chi connectivity index (χ1v) is 6.25. The maximum absolute atomic E-state index is 6.18. The van der Waals surface area contributed by atoms with Crippen molar-refractivity contribution >= 4 is 35.4 Å². The van der Waals surface area contributed by atoms with Gasteiger partial charge in [-0.1, -0.05) is 29.3 Å². The lowest BCUT2D eigenvalue weighted by Crippen LogP contribution is -2.09. The molecule has 0 bridgehead atoms. The molecule has 3 nitrogen and oxygen atoms in total. The number of aryl methyl sites for hydroxylation is 1. The van der Waals surface area contributed by atoms with Crippen LogP contribution in [0.2, 0.25) is 10.0 Å². The molecule has 0 saturated carbocycles. The van der Waals surface area contributed by atoms with Gasteiger partial charge in [-0.15, -0.1) is 0 Å². The fourth-order valence-corrected chi connectivity index (χ4v) is 2.72. The minimum absolute atomic E-state index is 0.0195. The van der Waals surface area contributed by atoms with Crippen molar-refractivity contribution in [1.29, 1.82) is 0 Å². The number of rotatable bonds is 2. The van der Waals surface area contributed by atoms with Crippen LogP contribution in [0.5, 0.6) is 0 Å². The van der Waals surface area contributed by atoms with Crippen molar-refractivity contribution in [3.63, 3.8) is 0 Å². The second-order valence-electron chi connectivity index (χ2n) is 3.79. The number of hydrogen-bond acceptors (Lipinski definition) is 2. The predicted molar refractivity (Wildman–Crippen MR) is 72.4 cm³/mol. The average Bonchev–Trinajstić information content (AvgIpc) is 2.58. The molecule has 2 aromatic rings. The Labute approximate surface area is 114 Å². The molecule has 1 heterocycles. The number of aromatic amines is 1. The van der Waals surface area contributed by atoms with Gasteiger partial charge in [-0.3, -0.25) is 9.67 Å². The second kappa shape index (κ2) is 4.80. The number of H-pyrrole nitrogens is 1. The normalized spacial score (nSPS) is 12.7. The quantitative estimate of drug-likeness (QED) is 0.842. The van der Waals surface area contributed by atoms with Crippen LogP contribution in [0, 0.1) is 11.7 Å². The van der Waals surface area contributed by atoms with E-state index in [2.05, 4.69) is 10.2 Å². The van der Waals surface area contributed by atoms with Crippen LogP contribution in [-0.4, -0.2) is 14.8 Å². The lowest BCUT2D eigenvalue weighted by molar-refractivity contribution is 0.611. The van der Waals surface area contributed by atoms with Gasteiger partial charge >= 0.3 is 0 Å². The van der Waals surface area contributed by atoms with E-state index in [0.717, 1.165) is 11.4 Å². The monoisotopic (exact) mass is 287 g/mol. The van der Waals surface area contributed by atoms with E-state index in [1.807, 2.05) is 30.5 Å². The number of benzene rings is 1. The molecule has 0 amide bonds. The predicted octanol–water partition coefficient (Wildman–Crippen LogP) is 4.17. The van der Waals surface area contributed by atoms with Crippen molar-refractivity contribution in [3.8, 4) is 0 Å². The first kappa shape index (κ1) is 12.6. The van der Waals surface area contributed by atoms with E-state index in [-0.39, 0.29) is 6.04 Å². The van der Waals surface area contributed by atoms with E-state index in [4.69, 9.17) is 35.4 Å². The van der Waals surface area contributed by atoms with E-state index in [1.54, 1.807) is 6.07 Å². The molecule has 1 N–H and O–H groups in total. The zero-order valence-corrected chi connectivity index (χ0v) is 11.7. The Morgan fingerprint density at radius 3 is 2.65 bits per heavy atom. The van der Waals surface area contributed by atoms with E-state index in [9.17, 15) is 0 Å². The Bertz CT molecular complexity index is 603. The Morgan fingerprint density at radius 2 is 2.12 bits per heavy atom. The first-order chi connectivity index (χ1) is 8.00. The van der Waals surface area contributed by atoms with Gasteiger partial charge < -0.3 is 0 Å². The van der Waals surface area contributed by atoms with Gasteiger partial charge in [0, 0.05) is 10.0 Å². The van der Waals surface area contributed by atoms with Crippen LogP contribution in [-0.2, 0) is 0 Å². The summed E-state index contributed by atoms with van der Waals surface area (Å²) >= 11 is 17.3. The Kier molecular flexibility index (Phi) is 3.56. The summed E-state index contributed by atoms with van der Waals surface area (Å²) < 4.78 is 2.51. The van der Waals surface area contributed by atoms with Crippen molar-refractivity contribution in [1.82, 2.24) is 14.8 Å². The lowest BCUT2D eigenvalue weighted by atomic mass is 10.1. The molecule has 0 fully saturated rings. The molecule has 0 aliphatic carbocycles. The SMILES string of the molecule is Cc1n[nH]c(=S)n1C(C)c1ccc(Cl)cc1Cl. The van der Waals surface area contributed by atoms with Gasteiger partial charge in [-0.05, 0) is 43.8 Å². The average molecular weight is 288 g/mol. The fraction of sp³-hybridized carbons (Fsp3) is 0.273. The number of nitrogens with zero attached hydrogens (tertiary/aromatic N) is 2. The van der Waals surface area contributed by atoms with Gasteiger partial charge in [0.15, 0.2) is 4.77 Å². The molecular formula is C11H11Cl2N3S. The highest BCUT2D eigenvalue weighted by atomic mass is 35.5. The van der Waals surface area contributed by atoms with Crippen LogP contribution in [0.3, 0.4) is 0 Å². The number of hydrogen-bond donors (Lipinski definition) is 1. The lowest BCUT2D eigenvalue weighted by Gasteiger charge is -2.16. The first-order valence-electron chi connectivity index (χ1n) is 5.09. The summed E-state index contributed by atoms with van der Waals surface area (Å²) in [4.78, 5) is 0. The molecule has 0 radical (unpaired) electrons. The largest absolute Gasteiger partial charge is 0.297 e. The highest BCUT2D eigenvalue weighted by Crippen LogP contribution is 2.29. The number of halogens is 2. The summed E-state index contributed by atoms with van der Waals surface area (Å²) in [6.45, 7) is 3.92. The summed E-state index contributed by atoms with van der Waals surface area (Å²) in [5.74, 6) is 0.827. The third-order valence-electron chi connectivity index (χ3n) is 2.68. The van der Waals surface area contributed by atoms with E-state index in [0.29, 0.717) is 14.8 Å². The summed E-state index contributed by atoms with van der Waals surface area (Å²) in [5.41, 5.74) is 0.969. The van der Waals surface area contributed by atoms with E-state index >= 15 is 0 Å². The molecule has 90 valence electrons. The topological polar surface area (TPSA) is 33.6 Å². The smallest absolute Gasteiger partial charge is 0.195 e. The van der Waals surface area contributed by atoms with E-state index in [1.165, 1.54) is 0 Å². The Hall–Kier alpha value is -0.840. The molecule has 6 heteroatoms. The molecule has 1 aromatic carbocycles. The van der Waals surface area contributed by atoms with Crippen molar-refractivity contribution in [2.24, 2.45) is 0 Å². The maximum Gasteiger partial charge on any atom is 0.195 e. The zero-order valence-electron chi connectivity index (χ0n) is 9.37. The summed E-state index contributed by atoms with van der Waals surface area (Å²) in [6.07, 6.45) is 0. The molecular weight excluding hydrogens is 277 g/mol. The fourth-order valence-electron chi connectivity index (χ4n) is 1.82. The van der Waals surface area contributed by atoms with Crippen LogP contribution in [0.1, 0.15) is 24.4 Å². The van der Waals surface area contributed by atoms with Crippen LogP contribution < -0.4 is 0 Å². The van der Waals surface area contributed by atoms with Crippen LogP contribution in [0.15, 0.2) is 18.2 Å². The molecule has 1 aromatic heterocycles. The summed E-state index contributed by atoms with van der Waals surface area (Å²) in [7, 11) is 0. The molecule has 1 atom stereocenters. The second-order valence-corrected chi connectivity index (χ2v) is 5.02. The molecule has 0 aliphatic rings. The van der Waals surface area contributed by atoms with Gasteiger partial charge in [0.25, 0.3) is 0 Å². The molecule has 0 spiro atoms. The van der Waals surface area contributed by atoms with Crippen molar-refractivity contribution in [2.75, 3.05) is 0 Å². The minimum atomic E-state index is 0.0195. The van der Waals surface area contributed by atoms with Crippen molar-refractivity contribution in [2.45, 2.75) is 19.9 Å². The zero-order chi connectivity index (χ0) is 12.6. The highest BCUT2D eigenvalue weighted by molar-refractivity contribution is 7.71. The number of nitrogens with one attached hydrogen (secondary N) is 1. The van der Waals surface area contributed by atoms with Crippen molar-refractivity contribution in [3.05, 3.63) is 44.4 Å². The molecule has 0 saturated heterocycles. The van der Waals surface area contributed by atoms with Gasteiger partial charge in [0.05, 0.1) is 6.04 Å². The van der Waals surface area contributed by atoms with Crippen LogP contribution >= 0.6 is 35.4 Å². The van der Waals surface area contributed by atoms with Crippen LogP contribution in [0.4, 0.5) is 0 Å². The molecule has 0 aliphatic heterocycles. The van der Waals surface area contributed by atoms with E-state index < -0.39 is 0 Å². The van der Waals surface area contributed by atoms with Gasteiger partial charge in [0.1, 0.15) is 5.82 Å². The van der Waals surface area contributed by atoms with Gasteiger partial charge in [0.2, 0.25) is 0 Å². The summed E-state index contributed by atoms with van der Waals surface area (Å²) in [6, 6.07) is 5.47. The van der Waals surface area contributed by atoms with Crippen LogP contribution in [0.25, 0.3) is 0 Å². The molecule has 2 rings (SSSR count). The molecule has 1 unspecified atom stereocenters. The standard InChI is InChI=1S/C11H11Cl2N3S/c1-6(16-7(2)14-15-11(16)17)9-4-3-8(12)5-10(9)13/h3-6H,1-2H3,(H,15,17). The third-order valence-corrected chi connectivity index (χ3v) is 3.53. The Balaban J connectivity index is 2.51. The molecule has 17 heavy (non-hydrogen) atoms. The summed E-state index contributed by atoms with van der Waals surface area (Å²) in [5, 5.41) is 8.11. The number of aromatic nitrogens is 3. The van der Waals surface area contributed by atoms with Crippen molar-refractivity contribution < 1.29 is 0 Å². The highest BCUT2D eigenvalue weighted by Gasteiger charge is 2.15. The Morgan fingerprint density at radius 1 is 1.41 bits per heavy atom.